The molecule has 1 amide bonds. The Morgan fingerprint density at radius 1 is 1.17 bits per heavy atom. The summed E-state index contributed by atoms with van der Waals surface area (Å²) in [5.41, 5.74) is 1.79. The van der Waals surface area contributed by atoms with Crippen LogP contribution in [-0.2, 0) is 26.0 Å². The standard InChI is InChI=1S/C21H22N2O6S/c1-27-17-5-6-19-15(14-29-20(19)13-17)11-21(24)22-16-3-2-4-18(12-16)30(25,26)23-7-9-28-10-8-23/h2-6,12-14H,7-11H2,1H3,(H,22,24). The highest BCUT2D eigenvalue weighted by molar-refractivity contribution is 7.89. The number of hydrogen-bond donors (Lipinski definition) is 1. The Morgan fingerprint density at radius 3 is 2.73 bits per heavy atom. The van der Waals surface area contributed by atoms with Crippen LogP contribution in [-0.4, -0.2) is 52.0 Å². The number of nitrogens with zero attached hydrogens (tertiary/aromatic N) is 1. The maximum absolute atomic E-state index is 12.8. The first-order valence-corrected chi connectivity index (χ1v) is 10.9. The molecule has 0 atom stereocenters. The largest absolute Gasteiger partial charge is 0.497 e. The Bertz CT molecular complexity index is 1170. The zero-order chi connectivity index (χ0) is 21.1. The molecule has 0 radical (unpaired) electrons. The number of hydrogen-bond acceptors (Lipinski definition) is 6. The molecule has 158 valence electrons. The van der Waals surface area contributed by atoms with E-state index in [4.69, 9.17) is 13.9 Å². The van der Waals surface area contributed by atoms with Crippen LogP contribution in [0.5, 0.6) is 5.75 Å². The number of rotatable bonds is 6. The summed E-state index contributed by atoms with van der Waals surface area (Å²) in [5.74, 6) is 0.403. The molecule has 8 nitrogen and oxygen atoms in total. The highest BCUT2D eigenvalue weighted by Gasteiger charge is 2.26. The summed E-state index contributed by atoms with van der Waals surface area (Å²) in [5, 5.41) is 3.60. The van der Waals surface area contributed by atoms with Gasteiger partial charge in [0.15, 0.2) is 0 Å². The Morgan fingerprint density at radius 2 is 1.97 bits per heavy atom. The molecule has 2 heterocycles. The Kier molecular flexibility index (Phi) is 5.76. The van der Waals surface area contributed by atoms with Crippen LogP contribution in [0.15, 0.2) is 58.0 Å². The lowest BCUT2D eigenvalue weighted by atomic mass is 10.1. The van der Waals surface area contributed by atoms with E-state index in [-0.39, 0.29) is 17.2 Å². The minimum absolute atomic E-state index is 0.0970. The molecule has 2 aromatic carbocycles. The fourth-order valence-electron chi connectivity index (χ4n) is 3.38. The van der Waals surface area contributed by atoms with Crippen molar-refractivity contribution in [3.8, 4) is 5.75 Å². The predicted octanol–water partition coefficient (Wildman–Crippen LogP) is 2.64. The second kappa shape index (κ2) is 8.47. The average molecular weight is 430 g/mol. The van der Waals surface area contributed by atoms with Crippen molar-refractivity contribution in [3.05, 3.63) is 54.3 Å². The highest BCUT2D eigenvalue weighted by atomic mass is 32.2. The van der Waals surface area contributed by atoms with Gasteiger partial charge in [-0.15, -0.1) is 0 Å². The van der Waals surface area contributed by atoms with Crippen molar-refractivity contribution in [1.29, 1.82) is 0 Å². The number of carbonyl (C=O) groups excluding carboxylic acids is 1. The normalized spacial score (nSPS) is 15.2. The zero-order valence-corrected chi connectivity index (χ0v) is 17.3. The van der Waals surface area contributed by atoms with E-state index in [0.29, 0.717) is 43.3 Å². The topological polar surface area (TPSA) is 98.1 Å². The summed E-state index contributed by atoms with van der Waals surface area (Å²) in [6.45, 7) is 1.38. The molecule has 1 aliphatic heterocycles. The summed E-state index contributed by atoms with van der Waals surface area (Å²) in [6.07, 6.45) is 1.64. The molecule has 1 saturated heterocycles. The van der Waals surface area contributed by atoms with Gasteiger partial charge in [-0.05, 0) is 30.3 Å². The second-order valence-electron chi connectivity index (χ2n) is 6.89. The van der Waals surface area contributed by atoms with Gasteiger partial charge in [-0.2, -0.15) is 4.31 Å². The molecule has 1 N–H and O–H groups in total. The first-order valence-electron chi connectivity index (χ1n) is 9.49. The van der Waals surface area contributed by atoms with Crippen LogP contribution in [0.4, 0.5) is 5.69 Å². The van der Waals surface area contributed by atoms with Gasteiger partial charge < -0.3 is 19.2 Å². The summed E-state index contributed by atoms with van der Waals surface area (Å²) >= 11 is 0. The summed E-state index contributed by atoms with van der Waals surface area (Å²) in [6, 6.07) is 11.7. The van der Waals surface area contributed by atoms with Crippen molar-refractivity contribution in [1.82, 2.24) is 4.31 Å². The highest BCUT2D eigenvalue weighted by Crippen LogP contribution is 2.26. The monoisotopic (exact) mass is 430 g/mol. The molecule has 3 aromatic rings. The van der Waals surface area contributed by atoms with E-state index >= 15 is 0 Å². The van der Waals surface area contributed by atoms with Crippen molar-refractivity contribution in [2.24, 2.45) is 0 Å². The minimum atomic E-state index is -3.63. The number of fused-ring (bicyclic) bond motifs is 1. The molecule has 0 spiro atoms. The van der Waals surface area contributed by atoms with Gasteiger partial charge in [-0.3, -0.25) is 4.79 Å². The van der Waals surface area contributed by atoms with Gasteiger partial charge in [0.05, 0.1) is 37.9 Å². The molecule has 0 saturated carbocycles. The molecule has 1 aromatic heterocycles. The zero-order valence-electron chi connectivity index (χ0n) is 16.5. The number of benzene rings is 2. The number of furan rings is 1. The molecular weight excluding hydrogens is 408 g/mol. The lowest BCUT2D eigenvalue weighted by Gasteiger charge is -2.26. The summed E-state index contributed by atoms with van der Waals surface area (Å²) in [7, 11) is -2.06. The molecule has 0 aliphatic carbocycles. The van der Waals surface area contributed by atoms with E-state index in [1.807, 2.05) is 6.07 Å². The first kappa shape index (κ1) is 20.4. The fraction of sp³-hybridized carbons (Fsp3) is 0.286. The van der Waals surface area contributed by atoms with Gasteiger partial charge >= 0.3 is 0 Å². The molecule has 1 fully saturated rings. The van der Waals surface area contributed by atoms with E-state index in [9.17, 15) is 13.2 Å². The predicted molar refractivity (Wildman–Crippen MR) is 111 cm³/mol. The number of sulfonamides is 1. The third kappa shape index (κ3) is 4.18. The van der Waals surface area contributed by atoms with Crippen LogP contribution in [0.25, 0.3) is 11.0 Å². The minimum Gasteiger partial charge on any atom is -0.497 e. The molecule has 9 heteroatoms. The van der Waals surface area contributed by atoms with Crippen LogP contribution >= 0.6 is 0 Å². The molecule has 1 aliphatic rings. The van der Waals surface area contributed by atoms with E-state index in [1.54, 1.807) is 37.6 Å². The van der Waals surface area contributed by atoms with Crippen molar-refractivity contribution in [3.63, 3.8) is 0 Å². The maximum Gasteiger partial charge on any atom is 0.243 e. The average Bonchev–Trinajstić information content (AvgIpc) is 3.16. The van der Waals surface area contributed by atoms with E-state index in [1.165, 1.54) is 16.4 Å². The van der Waals surface area contributed by atoms with Gasteiger partial charge in [0.25, 0.3) is 0 Å². The number of carbonyl (C=O) groups is 1. The first-order chi connectivity index (χ1) is 14.5. The number of morpholine rings is 1. The Labute approximate surface area is 174 Å². The number of ether oxygens (including phenoxy) is 2. The van der Waals surface area contributed by atoms with Crippen molar-refractivity contribution in [2.45, 2.75) is 11.3 Å². The molecule has 4 rings (SSSR count). The number of amides is 1. The fourth-order valence-corrected chi connectivity index (χ4v) is 4.83. The van der Waals surface area contributed by atoms with Crippen LogP contribution in [0, 0.1) is 0 Å². The number of anilines is 1. The smallest absolute Gasteiger partial charge is 0.243 e. The van der Waals surface area contributed by atoms with Crippen LogP contribution in [0.3, 0.4) is 0 Å². The third-order valence-corrected chi connectivity index (χ3v) is 6.83. The van der Waals surface area contributed by atoms with Gasteiger partial charge in [-0.25, -0.2) is 8.42 Å². The number of nitrogens with one attached hydrogen (secondary N) is 1. The van der Waals surface area contributed by atoms with E-state index < -0.39 is 10.0 Å². The molecule has 30 heavy (non-hydrogen) atoms. The van der Waals surface area contributed by atoms with Crippen molar-refractivity contribution in [2.75, 3.05) is 38.7 Å². The Balaban J connectivity index is 1.48. The van der Waals surface area contributed by atoms with Gasteiger partial charge in [0.1, 0.15) is 11.3 Å². The lowest BCUT2D eigenvalue weighted by molar-refractivity contribution is -0.115. The van der Waals surface area contributed by atoms with Gasteiger partial charge in [-0.1, -0.05) is 6.07 Å². The van der Waals surface area contributed by atoms with Crippen molar-refractivity contribution >= 4 is 32.6 Å². The van der Waals surface area contributed by atoms with Gasteiger partial charge in [0, 0.05) is 35.8 Å². The van der Waals surface area contributed by atoms with Crippen LogP contribution in [0.1, 0.15) is 5.56 Å². The van der Waals surface area contributed by atoms with Crippen molar-refractivity contribution < 1.29 is 27.1 Å². The molecule has 0 bridgehead atoms. The Hall–Kier alpha value is -2.88. The summed E-state index contributed by atoms with van der Waals surface area (Å²) in [4.78, 5) is 12.7. The molecular formula is C21H22N2O6S. The third-order valence-electron chi connectivity index (χ3n) is 4.94. The number of methoxy groups -OCH3 is 1. The summed E-state index contributed by atoms with van der Waals surface area (Å²) < 4.78 is 42.9. The molecule has 0 unspecified atom stereocenters. The maximum atomic E-state index is 12.8. The lowest BCUT2D eigenvalue weighted by Crippen LogP contribution is -2.40. The van der Waals surface area contributed by atoms with E-state index in [0.717, 1.165) is 10.9 Å². The second-order valence-corrected chi connectivity index (χ2v) is 8.83. The van der Waals surface area contributed by atoms with Crippen LogP contribution in [0.2, 0.25) is 0 Å². The van der Waals surface area contributed by atoms with E-state index in [2.05, 4.69) is 5.32 Å². The SMILES string of the molecule is COc1ccc2c(CC(=O)Nc3cccc(S(=O)(=O)N4CCOCC4)c3)coc2c1. The van der Waals surface area contributed by atoms with Gasteiger partial charge in [0.2, 0.25) is 15.9 Å². The quantitative estimate of drug-likeness (QED) is 0.646. The van der Waals surface area contributed by atoms with Crippen LogP contribution < -0.4 is 10.1 Å².